The Labute approximate surface area is 258 Å². The minimum Gasteiger partial charge on any atom is -0.365 e. The molecule has 2 N–H and O–H groups in total. The Morgan fingerprint density at radius 2 is 0.762 bits per heavy atom. The van der Waals surface area contributed by atoms with Gasteiger partial charge in [-0.3, -0.25) is 9.59 Å². The van der Waals surface area contributed by atoms with Crippen molar-refractivity contribution in [3.05, 3.63) is 0 Å². The van der Waals surface area contributed by atoms with E-state index in [1.807, 2.05) is 0 Å². The highest BCUT2D eigenvalue weighted by molar-refractivity contribution is 5.76. The first kappa shape index (κ1) is 33.8. The number of likely N-dealkylation sites (N-methyl/N-ethyl adjacent to an activating group) is 1. The maximum absolute atomic E-state index is 11.3. The number of carbonyl (C=O) groups is 2. The number of quaternary nitrogens is 6. The third kappa shape index (κ3) is 6.91. The van der Waals surface area contributed by atoms with Crippen molar-refractivity contribution in [2.75, 3.05) is 138 Å². The minimum atomic E-state index is -0.138. The first-order valence-electron chi connectivity index (χ1n) is 17.4. The Balaban J connectivity index is 0.000000146. The number of hydrogen-bond donors (Lipinski definition) is 1. The number of ketones is 1. The van der Waals surface area contributed by atoms with Crippen molar-refractivity contribution in [3.8, 4) is 0 Å². The quantitative estimate of drug-likeness (QED) is 0.445. The number of amides is 1. The van der Waals surface area contributed by atoms with E-state index in [2.05, 4.69) is 48.6 Å². The summed E-state index contributed by atoms with van der Waals surface area (Å²) in [7, 11) is 2.42. The zero-order valence-electron chi connectivity index (χ0n) is 29.0. The third-order valence-electron chi connectivity index (χ3n) is 13.7. The minimum absolute atomic E-state index is 0.138. The average Bonchev–Trinajstić information content (AvgIpc) is 2.95. The van der Waals surface area contributed by atoms with Crippen LogP contribution in [0.3, 0.4) is 0 Å². The van der Waals surface area contributed by atoms with Crippen LogP contribution in [0.2, 0.25) is 0 Å². The SMILES string of the molecule is CC(=O)C[N+]12CC[N+](C(C)C)(CC1)CC2.CC(C)[N+]12CC[N+](C)(CC1)CC2.CC(C)[N+]12CC[N+](CC(N)=O)(CC1)CC2. The molecule has 9 nitrogen and oxygen atoms in total. The molecule has 9 aliphatic heterocycles. The number of carbonyl (C=O) groups excluding carboxylic acids is 2. The predicted molar refractivity (Wildman–Crippen MR) is 170 cm³/mol. The van der Waals surface area contributed by atoms with Crippen LogP contribution < -0.4 is 5.73 Å². The summed E-state index contributed by atoms with van der Waals surface area (Å²) in [5.41, 5.74) is 5.33. The fourth-order valence-electron chi connectivity index (χ4n) is 9.40. The van der Waals surface area contributed by atoms with Crippen molar-refractivity contribution in [1.29, 1.82) is 0 Å². The van der Waals surface area contributed by atoms with E-state index in [9.17, 15) is 9.59 Å². The number of fused-ring (bicyclic) bond motifs is 9. The lowest BCUT2D eigenvalue weighted by molar-refractivity contribution is -1.09. The summed E-state index contributed by atoms with van der Waals surface area (Å²) in [4.78, 5) is 22.4. The van der Waals surface area contributed by atoms with Gasteiger partial charge in [0.2, 0.25) is 0 Å². The molecule has 0 saturated carbocycles. The monoisotopic (exact) mass is 596 g/mol. The second kappa shape index (κ2) is 12.4. The molecule has 0 spiro atoms. The summed E-state index contributed by atoms with van der Waals surface area (Å²) < 4.78 is 7.38. The molecule has 6 bridgehead atoms. The van der Waals surface area contributed by atoms with Gasteiger partial charge in [0.1, 0.15) is 124 Å². The number of nitrogens with zero attached hydrogens (tertiary/aromatic N) is 6. The smallest absolute Gasteiger partial charge is 0.272 e. The van der Waals surface area contributed by atoms with Crippen LogP contribution >= 0.6 is 0 Å². The van der Waals surface area contributed by atoms with Gasteiger partial charge in [0.15, 0.2) is 12.3 Å². The van der Waals surface area contributed by atoms with Crippen molar-refractivity contribution in [3.63, 3.8) is 0 Å². The second-order valence-corrected chi connectivity index (χ2v) is 16.7. The molecule has 0 unspecified atom stereocenters. The second-order valence-electron chi connectivity index (χ2n) is 16.7. The molecule has 9 heteroatoms. The molecule has 0 atom stereocenters. The highest BCUT2D eigenvalue weighted by Crippen LogP contribution is 2.30. The molecule has 9 fully saturated rings. The fourth-order valence-corrected chi connectivity index (χ4v) is 9.40. The summed E-state index contributed by atoms with van der Waals surface area (Å²) >= 11 is 0. The van der Waals surface area contributed by atoms with Crippen molar-refractivity contribution in [2.24, 2.45) is 5.73 Å². The molecule has 42 heavy (non-hydrogen) atoms. The van der Waals surface area contributed by atoms with Crippen LogP contribution in [0.1, 0.15) is 48.5 Å². The summed E-state index contributed by atoms with van der Waals surface area (Å²) in [6, 6.07) is 2.32. The van der Waals surface area contributed by atoms with Crippen LogP contribution in [0.4, 0.5) is 0 Å². The molecule has 9 rings (SSSR count). The molecular formula is C33H69N7O2+6. The lowest BCUT2D eigenvalue weighted by Gasteiger charge is -2.57. The number of primary amides is 1. The van der Waals surface area contributed by atoms with Crippen LogP contribution in [-0.2, 0) is 9.59 Å². The van der Waals surface area contributed by atoms with E-state index in [1.165, 1.54) is 116 Å². The zero-order chi connectivity index (χ0) is 31.0. The van der Waals surface area contributed by atoms with E-state index < -0.39 is 0 Å². The highest BCUT2D eigenvalue weighted by Gasteiger charge is 2.52. The third-order valence-corrected chi connectivity index (χ3v) is 13.7. The summed E-state index contributed by atoms with van der Waals surface area (Å²) in [6.45, 7) is 40.3. The topological polar surface area (TPSA) is 60.2 Å². The Morgan fingerprint density at radius 3 is 1.00 bits per heavy atom. The Bertz CT molecular complexity index is 848. The molecule has 242 valence electrons. The van der Waals surface area contributed by atoms with Crippen LogP contribution in [0.15, 0.2) is 0 Å². The van der Waals surface area contributed by atoms with Crippen LogP contribution in [0.5, 0.6) is 0 Å². The van der Waals surface area contributed by atoms with Gasteiger partial charge in [-0.2, -0.15) is 0 Å². The Morgan fingerprint density at radius 1 is 0.500 bits per heavy atom. The molecule has 9 saturated heterocycles. The number of hydrogen-bond acceptors (Lipinski definition) is 2. The summed E-state index contributed by atoms with van der Waals surface area (Å²) in [5.74, 6) is 0.225. The lowest BCUT2D eigenvalue weighted by Crippen LogP contribution is -2.77. The molecule has 0 aromatic carbocycles. The van der Waals surface area contributed by atoms with Gasteiger partial charge < -0.3 is 32.6 Å². The van der Waals surface area contributed by atoms with E-state index in [0.717, 1.165) is 53.3 Å². The fraction of sp³-hybridized carbons (Fsp3) is 0.939. The Hall–Kier alpha value is -1.10. The van der Waals surface area contributed by atoms with E-state index >= 15 is 0 Å². The van der Waals surface area contributed by atoms with Gasteiger partial charge in [0, 0.05) is 6.92 Å². The van der Waals surface area contributed by atoms with Crippen LogP contribution in [0, 0.1) is 0 Å². The number of rotatable bonds is 7. The largest absolute Gasteiger partial charge is 0.365 e. The summed E-state index contributed by atoms with van der Waals surface area (Å²) in [6.07, 6.45) is 0. The van der Waals surface area contributed by atoms with Gasteiger partial charge in [0.25, 0.3) is 5.91 Å². The molecular weight excluding hydrogens is 526 g/mol. The number of nitrogens with two attached hydrogens (primary N) is 1. The molecule has 9 aliphatic rings. The van der Waals surface area contributed by atoms with Gasteiger partial charge in [-0.1, -0.05) is 0 Å². The molecule has 0 aromatic heterocycles. The van der Waals surface area contributed by atoms with Gasteiger partial charge >= 0.3 is 0 Å². The van der Waals surface area contributed by atoms with Gasteiger partial charge in [-0.25, -0.2) is 0 Å². The first-order chi connectivity index (χ1) is 19.5. The predicted octanol–water partition coefficient (Wildman–Crippen LogP) is 0.871. The number of Topliss-reactive ketones (excluding diaryl/α,β-unsaturated/α-hetero) is 1. The molecule has 9 heterocycles. The lowest BCUT2D eigenvalue weighted by atomic mass is 10.0. The van der Waals surface area contributed by atoms with Crippen molar-refractivity contribution in [1.82, 2.24) is 0 Å². The normalized spacial score (nSPS) is 41.8. The number of piperazine rings is 9. The molecule has 0 radical (unpaired) electrons. The first-order valence-corrected chi connectivity index (χ1v) is 17.4. The molecule has 1 amide bonds. The van der Waals surface area contributed by atoms with Crippen LogP contribution in [0.25, 0.3) is 0 Å². The van der Waals surface area contributed by atoms with E-state index in [-0.39, 0.29) is 5.91 Å². The van der Waals surface area contributed by atoms with Gasteiger partial charge in [0.05, 0.1) is 25.2 Å². The maximum atomic E-state index is 11.3. The van der Waals surface area contributed by atoms with Crippen molar-refractivity contribution in [2.45, 2.75) is 66.6 Å². The highest BCUT2D eigenvalue weighted by atomic mass is 16.1. The van der Waals surface area contributed by atoms with E-state index in [4.69, 9.17) is 5.73 Å². The molecule has 0 aliphatic carbocycles. The van der Waals surface area contributed by atoms with E-state index in [0.29, 0.717) is 12.3 Å². The standard InChI is InChI=1S/C12H24N2O.C11H22N3O.C10H22N2/c1-11(2)14-7-4-13(5-8-14,6-9-14)10-12(3)15;1-10(2)14-6-3-13(4-7-14,5-8-14)9-11(12)15;1-10(2)12-7-4-11(3,5-8-12)6-9-12/h11H,4-10H2,1-3H3;10H,3-9H2,1-2H3,(H-,12,15);10H,4-9H2,1-3H3/q+2;+1;+2/p+1. The molecule has 0 aromatic rings. The van der Waals surface area contributed by atoms with Gasteiger partial charge in [-0.05, 0) is 41.5 Å². The zero-order valence-corrected chi connectivity index (χ0v) is 29.0. The van der Waals surface area contributed by atoms with Gasteiger partial charge in [-0.15, -0.1) is 0 Å². The Kier molecular flexibility index (Phi) is 9.94. The van der Waals surface area contributed by atoms with Crippen LogP contribution in [-0.4, -0.2) is 195 Å². The van der Waals surface area contributed by atoms with Crippen molar-refractivity contribution >= 4 is 11.7 Å². The average molecular weight is 596 g/mol. The van der Waals surface area contributed by atoms with E-state index in [1.54, 1.807) is 6.92 Å². The maximum Gasteiger partial charge on any atom is 0.272 e. The van der Waals surface area contributed by atoms with Crippen molar-refractivity contribution < 1.29 is 36.5 Å². The summed E-state index contributed by atoms with van der Waals surface area (Å²) in [5, 5.41) is 0.